The number of rotatable bonds is 1. The van der Waals surface area contributed by atoms with Crippen LogP contribution in [0.25, 0.3) is 0 Å². The molecule has 0 atom stereocenters. The fourth-order valence-corrected chi connectivity index (χ4v) is 2.77. The van der Waals surface area contributed by atoms with Gasteiger partial charge in [0.25, 0.3) is 0 Å². The molecule has 0 aromatic heterocycles. The van der Waals surface area contributed by atoms with Gasteiger partial charge in [0.1, 0.15) is 0 Å². The van der Waals surface area contributed by atoms with E-state index < -0.39 is 0 Å². The summed E-state index contributed by atoms with van der Waals surface area (Å²) in [6, 6.07) is 8.92. The highest BCUT2D eigenvalue weighted by atomic mass is 14.7. The molecule has 1 nitrogen and oxygen atoms in total. The summed E-state index contributed by atoms with van der Waals surface area (Å²) in [5.74, 6) is 0. The van der Waals surface area contributed by atoms with Crippen molar-refractivity contribution in [2.75, 3.05) is 0 Å². The molecule has 0 bridgehead atoms. The lowest BCUT2D eigenvalue weighted by atomic mass is 9.75. The summed E-state index contributed by atoms with van der Waals surface area (Å²) < 4.78 is 0. The molecule has 1 aliphatic rings. The van der Waals surface area contributed by atoms with Crippen molar-refractivity contribution >= 4 is 0 Å². The number of nitrogens with two attached hydrogens (primary N) is 1. The molecule has 0 heterocycles. The van der Waals surface area contributed by atoms with Crippen LogP contribution in [0.3, 0.4) is 0 Å². The molecule has 1 aromatic rings. The molecule has 17 heavy (non-hydrogen) atoms. The molecule has 0 radical (unpaired) electrons. The summed E-state index contributed by atoms with van der Waals surface area (Å²) in [5, 5.41) is 0. The first-order valence-corrected chi connectivity index (χ1v) is 6.82. The molecule has 1 aliphatic carbocycles. The monoisotopic (exact) mass is 231 g/mol. The lowest BCUT2D eigenvalue weighted by molar-refractivity contribution is 0.302. The zero-order valence-corrected chi connectivity index (χ0v) is 11.4. The van der Waals surface area contributed by atoms with Gasteiger partial charge in [-0.25, -0.2) is 0 Å². The molecule has 1 heteroatoms. The number of hydrogen-bond acceptors (Lipinski definition) is 1. The second-order valence-electron chi connectivity index (χ2n) is 6.55. The summed E-state index contributed by atoms with van der Waals surface area (Å²) in [6.07, 6.45) is 6.17. The first-order chi connectivity index (χ1) is 7.92. The summed E-state index contributed by atoms with van der Waals surface area (Å²) in [5.41, 5.74) is 9.46. The van der Waals surface area contributed by atoms with Gasteiger partial charge in [0, 0.05) is 5.54 Å². The smallest absolute Gasteiger partial charge is 0.0409 e. The number of benzene rings is 1. The van der Waals surface area contributed by atoms with Gasteiger partial charge in [0.2, 0.25) is 0 Å². The first kappa shape index (κ1) is 12.6. The van der Waals surface area contributed by atoms with Crippen molar-refractivity contribution in [2.45, 2.75) is 63.8 Å². The Morgan fingerprint density at radius 2 is 1.71 bits per heavy atom. The first-order valence-electron chi connectivity index (χ1n) is 6.82. The quantitative estimate of drug-likeness (QED) is 0.773. The lowest BCUT2D eigenvalue weighted by Crippen LogP contribution is -2.38. The number of hydrogen-bond donors (Lipinski definition) is 1. The van der Waals surface area contributed by atoms with Crippen LogP contribution in [0.5, 0.6) is 0 Å². The molecule has 1 fully saturated rings. The van der Waals surface area contributed by atoms with Gasteiger partial charge < -0.3 is 5.73 Å². The average molecular weight is 231 g/mol. The van der Waals surface area contributed by atoms with Gasteiger partial charge in [-0.1, -0.05) is 64.3 Å². The maximum Gasteiger partial charge on any atom is 0.0409 e. The third-order valence-corrected chi connectivity index (χ3v) is 4.05. The van der Waals surface area contributed by atoms with E-state index in [-0.39, 0.29) is 11.0 Å². The molecular weight excluding hydrogens is 206 g/mol. The Kier molecular flexibility index (Phi) is 3.31. The van der Waals surface area contributed by atoms with E-state index in [0.717, 1.165) is 12.8 Å². The predicted octanol–water partition coefficient (Wildman–Crippen LogP) is 4.10. The van der Waals surface area contributed by atoms with Gasteiger partial charge in [-0.3, -0.25) is 0 Å². The molecule has 0 unspecified atom stereocenters. The van der Waals surface area contributed by atoms with Gasteiger partial charge in [-0.15, -0.1) is 0 Å². The Labute approximate surface area is 105 Å². The van der Waals surface area contributed by atoms with Crippen LogP contribution in [0.15, 0.2) is 24.3 Å². The van der Waals surface area contributed by atoms with Crippen LogP contribution in [-0.2, 0) is 11.0 Å². The highest BCUT2D eigenvalue weighted by molar-refractivity contribution is 5.33. The maximum atomic E-state index is 6.59. The van der Waals surface area contributed by atoms with Crippen molar-refractivity contribution in [3.05, 3.63) is 35.4 Å². The standard InChI is InChI=1S/C16H25N/c1-15(2,3)13-8-7-9-14(12-13)16(17)10-5-4-6-11-16/h7-9,12H,4-6,10-11,17H2,1-3H3. The Morgan fingerprint density at radius 1 is 1.06 bits per heavy atom. The molecule has 0 aliphatic heterocycles. The van der Waals surface area contributed by atoms with Crippen LogP contribution in [0.1, 0.15) is 64.0 Å². The Morgan fingerprint density at radius 3 is 2.29 bits per heavy atom. The molecule has 0 spiro atoms. The Bertz CT molecular complexity index is 381. The van der Waals surface area contributed by atoms with Crippen LogP contribution >= 0.6 is 0 Å². The van der Waals surface area contributed by atoms with Gasteiger partial charge in [0.05, 0.1) is 0 Å². The van der Waals surface area contributed by atoms with Crippen molar-refractivity contribution in [2.24, 2.45) is 5.73 Å². The second-order valence-corrected chi connectivity index (χ2v) is 6.55. The van der Waals surface area contributed by atoms with Crippen molar-refractivity contribution in [1.29, 1.82) is 0 Å². The summed E-state index contributed by atoms with van der Waals surface area (Å²) in [7, 11) is 0. The van der Waals surface area contributed by atoms with Crippen molar-refractivity contribution < 1.29 is 0 Å². The van der Waals surface area contributed by atoms with E-state index in [0.29, 0.717) is 0 Å². The van der Waals surface area contributed by atoms with E-state index in [2.05, 4.69) is 45.0 Å². The second kappa shape index (κ2) is 4.45. The largest absolute Gasteiger partial charge is 0.321 e. The fraction of sp³-hybridized carbons (Fsp3) is 0.625. The third-order valence-electron chi connectivity index (χ3n) is 4.05. The molecule has 2 N–H and O–H groups in total. The molecule has 2 rings (SSSR count). The third kappa shape index (κ3) is 2.71. The Balaban J connectivity index is 2.32. The van der Waals surface area contributed by atoms with E-state index >= 15 is 0 Å². The van der Waals surface area contributed by atoms with E-state index in [1.165, 1.54) is 30.4 Å². The topological polar surface area (TPSA) is 26.0 Å². The summed E-state index contributed by atoms with van der Waals surface area (Å²) >= 11 is 0. The van der Waals surface area contributed by atoms with Crippen molar-refractivity contribution in [3.8, 4) is 0 Å². The Hall–Kier alpha value is -0.820. The minimum absolute atomic E-state index is 0.0699. The molecule has 94 valence electrons. The van der Waals surface area contributed by atoms with Gasteiger partial charge in [-0.2, -0.15) is 0 Å². The van der Waals surface area contributed by atoms with E-state index in [4.69, 9.17) is 5.73 Å². The SMILES string of the molecule is CC(C)(C)c1cccc(C2(N)CCCCC2)c1. The normalized spacial score (nSPS) is 20.2. The van der Waals surface area contributed by atoms with E-state index in [1.54, 1.807) is 0 Å². The minimum Gasteiger partial charge on any atom is -0.321 e. The van der Waals surface area contributed by atoms with Crippen LogP contribution in [0.4, 0.5) is 0 Å². The lowest BCUT2D eigenvalue weighted by Gasteiger charge is -2.35. The maximum absolute atomic E-state index is 6.59. The van der Waals surface area contributed by atoms with Crippen LogP contribution in [0.2, 0.25) is 0 Å². The molecule has 0 saturated heterocycles. The van der Waals surface area contributed by atoms with Crippen LogP contribution in [0, 0.1) is 0 Å². The minimum atomic E-state index is -0.0699. The summed E-state index contributed by atoms with van der Waals surface area (Å²) in [4.78, 5) is 0. The average Bonchev–Trinajstić information content (AvgIpc) is 2.29. The molecule has 1 aromatic carbocycles. The highest BCUT2D eigenvalue weighted by Crippen LogP contribution is 2.36. The van der Waals surface area contributed by atoms with Gasteiger partial charge in [0.15, 0.2) is 0 Å². The van der Waals surface area contributed by atoms with E-state index in [9.17, 15) is 0 Å². The van der Waals surface area contributed by atoms with Crippen molar-refractivity contribution in [3.63, 3.8) is 0 Å². The van der Waals surface area contributed by atoms with Gasteiger partial charge >= 0.3 is 0 Å². The zero-order chi connectivity index (χ0) is 12.5. The van der Waals surface area contributed by atoms with Crippen LogP contribution in [-0.4, -0.2) is 0 Å². The fourth-order valence-electron chi connectivity index (χ4n) is 2.77. The van der Waals surface area contributed by atoms with E-state index in [1.807, 2.05) is 0 Å². The summed E-state index contributed by atoms with van der Waals surface area (Å²) in [6.45, 7) is 6.78. The molecular formula is C16H25N. The zero-order valence-electron chi connectivity index (χ0n) is 11.4. The molecule has 1 saturated carbocycles. The predicted molar refractivity (Wildman–Crippen MR) is 74.1 cm³/mol. The van der Waals surface area contributed by atoms with Crippen molar-refractivity contribution in [1.82, 2.24) is 0 Å². The highest BCUT2D eigenvalue weighted by Gasteiger charge is 2.30. The molecule has 0 amide bonds. The van der Waals surface area contributed by atoms with Gasteiger partial charge in [-0.05, 0) is 29.4 Å². The van der Waals surface area contributed by atoms with Crippen LogP contribution < -0.4 is 5.73 Å².